The maximum atomic E-state index is 12.3. The molecule has 0 aliphatic carbocycles. The maximum absolute atomic E-state index is 12.3. The van der Waals surface area contributed by atoms with Gasteiger partial charge in [-0.3, -0.25) is 4.79 Å². The molecule has 0 saturated heterocycles. The second-order valence-electron chi connectivity index (χ2n) is 7.47. The molecule has 0 saturated carbocycles. The van der Waals surface area contributed by atoms with E-state index >= 15 is 0 Å². The highest BCUT2D eigenvalue weighted by atomic mass is 28.1. The van der Waals surface area contributed by atoms with E-state index in [1.54, 1.807) is 27.7 Å². The standard InChI is InChI=1S/C20H30NO6Si/c1-14(20(28,24-5)25-6)16(12-17(22)27-19(2,3)4)21-18(23)26-13-15-10-8-7-9-11-15/h7-11,14,16H,12-13H2,1-6H3,(H,21,23)/t14?,16-/m0/s1. The van der Waals surface area contributed by atoms with Gasteiger partial charge in [0.2, 0.25) is 0 Å². The quantitative estimate of drug-likeness (QED) is 0.384. The second-order valence-corrected chi connectivity index (χ2v) is 8.16. The molecule has 1 amide bonds. The predicted octanol–water partition coefficient (Wildman–Crippen LogP) is 2.76. The van der Waals surface area contributed by atoms with Gasteiger partial charge in [0.05, 0.1) is 6.42 Å². The van der Waals surface area contributed by atoms with Gasteiger partial charge in [-0.25, -0.2) is 4.79 Å². The minimum atomic E-state index is -1.20. The van der Waals surface area contributed by atoms with Crippen LogP contribution in [0.15, 0.2) is 30.3 Å². The first-order valence-corrected chi connectivity index (χ1v) is 9.55. The van der Waals surface area contributed by atoms with Crippen molar-refractivity contribution in [3.05, 3.63) is 35.9 Å². The third-order valence-corrected chi connectivity index (χ3v) is 5.00. The molecule has 1 N–H and O–H groups in total. The molecule has 0 heterocycles. The summed E-state index contributed by atoms with van der Waals surface area (Å²) in [5.41, 5.74) is -0.969. The van der Waals surface area contributed by atoms with E-state index in [1.807, 2.05) is 30.3 Å². The minimum absolute atomic E-state index is 0.0716. The van der Waals surface area contributed by atoms with Crippen molar-refractivity contribution in [2.75, 3.05) is 14.2 Å². The van der Waals surface area contributed by atoms with E-state index in [0.29, 0.717) is 0 Å². The lowest BCUT2D eigenvalue weighted by Gasteiger charge is -2.37. The number of esters is 1. The van der Waals surface area contributed by atoms with Crippen molar-refractivity contribution in [1.82, 2.24) is 5.32 Å². The Morgan fingerprint density at radius 2 is 1.68 bits per heavy atom. The normalized spacial score (nSPS) is 14.1. The lowest BCUT2D eigenvalue weighted by atomic mass is 9.97. The van der Waals surface area contributed by atoms with Gasteiger partial charge in [0.25, 0.3) is 0 Å². The number of methoxy groups -OCH3 is 2. The molecule has 1 unspecified atom stereocenters. The molecule has 0 bridgehead atoms. The molecule has 0 aliphatic heterocycles. The SMILES string of the molecule is COC([Si])(OC)C(C)[C@H](CC(=O)OC(C)(C)C)NC(=O)OCc1ccccc1. The van der Waals surface area contributed by atoms with Crippen LogP contribution in [0.25, 0.3) is 0 Å². The van der Waals surface area contributed by atoms with Crippen LogP contribution >= 0.6 is 0 Å². The number of carbonyl (C=O) groups is 2. The van der Waals surface area contributed by atoms with E-state index in [0.717, 1.165) is 5.56 Å². The summed E-state index contributed by atoms with van der Waals surface area (Å²) < 4.78 is 21.4. The van der Waals surface area contributed by atoms with Gasteiger partial charge in [-0.1, -0.05) is 37.3 Å². The fourth-order valence-electron chi connectivity index (χ4n) is 2.55. The van der Waals surface area contributed by atoms with E-state index in [9.17, 15) is 9.59 Å². The number of carbonyl (C=O) groups excluding carboxylic acids is 2. The van der Waals surface area contributed by atoms with Crippen LogP contribution in [0.5, 0.6) is 0 Å². The number of rotatable bonds is 9. The Labute approximate surface area is 170 Å². The fraction of sp³-hybridized carbons (Fsp3) is 0.600. The number of hydrogen-bond donors (Lipinski definition) is 1. The second kappa shape index (κ2) is 10.6. The predicted molar refractivity (Wildman–Crippen MR) is 106 cm³/mol. The molecule has 0 aromatic heterocycles. The largest absolute Gasteiger partial charge is 0.460 e. The molecule has 1 aromatic rings. The molecule has 1 rings (SSSR count). The van der Waals surface area contributed by atoms with Crippen molar-refractivity contribution in [2.45, 2.75) is 57.8 Å². The van der Waals surface area contributed by atoms with Crippen molar-refractivity contribution in [1.29, 1.82) is 0 Å². The van der Waals surface area contributed by atoms with Gasteiger partial charge in [-0.2, -0.15) is 0 Å². The van der Waals surface area contributed by atoms with Crippen LogP contribution in [0.1, 0.15) is 39.7 Å². The molecule has 3 radical (unpaired) electrons. The Morgan fingerprint density at radius 1 is 1.11 bits per heavy atom. The monoisotopic (exact) mass is 408 g/mol. The van der Waals surface area contributed by atoms with E-state index in [1.165, 1.54) is 14.2 Å². The summed E-state index contributed by atoms with van der Waals surface area (Å²) in [6.07, 6.45) is -0.719. The smallest absolute Gasteiger partial charge is 0.407 e. The van der Waals surface area contributed by atoms with Gasteiger partial charge in [-0.05, 0) is 26.3 Å². The van der Waals surface area contributed by atoms with E-state index < -0.39 is 35.0 Å². The molecule has 0 fully saturated rings. The van der Waals surface area contributed by atoms with Crippen LogP contribution in [-0.4, -0.2) is 53.6 Å². The first-order chi connectivity index (χ1) is 13.0. The van der Waals surface area contributed by atoms with Crippen LogP contribution in [0, 0.1) is 5.92 Å². The highest BCUT2D eigenvalue weighted by molar-refractivity contribution is 6.13. The number of alkyl carbamates (subject to hydrolysis) is 1. The van der Waals surface area contributed by atoms with Gasteiger partial charge in [0.15, 0.2) is 0 Å². The molecule has 1 aromatic carbocycles. The van der Waals surface area contributed by atoms with Crippen molar-refractivity contribution in [3.63, 3.8) is 0 Å². The minimum Gasteiger partial charge on any atom is -0.460 e. The Morgan fingerprint density at radius 3 is 2.18 bits per heavy atom. The third-order valence-electron chi connectivity index (χ3n) is 4.13. The van der Waals surface area contributed by atoms with Crippen molar-refractivity contribution < 1.29 is 28.5 Å². The van der Waals surface area contributed by atoms with Gasteiger partial charge >= 0.3 is 12.1 Å². The zero-order valence-corrected chi connectivity index (χ0v) is 18.4. The number of nitrogens with one attached hydrogen (secondary N) is 1. The molecular weight excluding hydrogens is 378 g/mol. The summed E-state index contributed by atoms with van der Waals surface area (Å²) >= 11 is 0. The van der Waals surface area contributed by atoms with E-state index in [2.05, 4.69) is 15.6 Å². The summed E-state index contributed by atoms with van der Waals surface area (Å²) in [6, 6.07) is 8.66. The summed E-state index contributed by atoms with van der Waals surface area (Å²) in [5, 5.41) is 2.72. The molecule has 155 valence electrons. The Bertz CT molecular complexity index is 627. The Kier molecular flexibility index (Phi) is 9.13. The van der Waals surface area contributed by atoms with Crippen LogP contribution in [0.4, 0.5) is 4.79 Å². The maximum Gasteiger partial charge on any atom is 0.407 e. The zero-order chi connectivity index (χ0) is 21.4. The first-order valence-electron chi connectivity index (χ1n) is 9.05. The average Bonchev–Trinajstić information content (AvgIpc) is 2.64. The van der Waals surface area contributed by atoms with Gasteiger partial charge in [0.1, 0.15) is 27.9 Å². The number of ether oxygens (including phenoxy) is 4. The Balaban J connectivity index is 2.83. The van der Waals surface area contributed by atoms with Gasteiger partial charge < -0.3 is 24.3 Å². The van der Waals surface area contributed by atoms with Crippen LogP contribution in [-0.2, 0) is 30.3 Å². The number of hydrogen-bond acceptors (Lipinski definition) is 6. The summed E-state index contributed by atoms with van der Waals surface area (Å²) in [6.45, 7) is 7.25. The average molecular weight is 409 g/mol. The molecule has 2 atom stereocenters. The lowest BCUT2D eigenvalue weighted by Crippen LogP contribution is -2.53. The lowest BCUT2D eigenvalue weighted by molar-refractivity contribution is -0.181. The molecule has 0 spiro atoms. The summed E-state index contributed by atoms with van der Waals surface area (Å²) in [4.78, 5) is 24.6. The van der Waals surface area contributed by atoms with E-state index in [4.69, 9.17) is 18.9 Å². The van der Waals surface area contributed by atoms with Crippen LogP contribution in [0.2, 0.25) is 0 Å². The van der Waals surface area contributed by atoms with Gasteiger partial charge in [0, 0.05) is 26.2 Å². The highest BCUT2D eigenvalue weighted by Crippen LogP contribution is 2.25. The molecule has 8 heteroatoms. The van der Waals surface area contributed by atoms with Crippen molar-refractivity contribution in [2.24, 2.45) is 5.92 Å². The fourth-order valence-corrected chi connectivity index (χ4v) is 2.75. The third kappa shape index (κ3) is 8.00. The van der Waals surface area contributed by atoms with E-state index in [-0.39, 0.29) is 13.0 Å². The Hall–Kier alpha value is -1.90. The summed E-state index contributed by atoms with van der Waals surface area (Å²) in [5.74, 6) is -0.898. The van der Waals surface area contributed by atoms with Crippen LogP contribution in [0.3, 0.4) is 0 Å². The molecule has 0 aliphatic rings. The summed E-state index contributed by atoms with van der Waals surface area (Å²) in [7, 11) is 6.37. The molecule has 28 heavy (non-hydrogen) atoms. The van der Waals surface area contributed by atoms with Crippen molar-refractivity contribution in [3.8, 4) is 0 Å². The first kappa shape index (κ1) is 24.1. The van der Waals surface area contributed by atoms with Crippen molar-refractivity contribution >= 4 is 22.3 Å². The molecular formula is C20H30NO6Si. The highest BCUT2D eigenvalue weighted by Gasteiger charge is 2.39. The van der Waals surface area contributed by atoms with Crippen LogP contribution < -0.4 is 5.32 Å². The number of amides is 1. The van der Waals surface area contributed by atoms with Gasteiger partial charge in [-0.15, -0.1) is 0 Å². The topological polar surface area (TPSA) is 83.1 Å². The molecule has 7 nitrogen and oxygen atoms in total. The number of benzene rings is 1. The zero-order valence-electron chi connectivity index (χ0n) is 17.4.